The third-order valence-electron chi connectivity index (χ3n) is 4.91. The number of amides is 2. The maximum absolute atomic E-state index is 13.2. The van der Waals surface area contributed by atoms with Crippen LogP contribution in [0.25, 0.3) is 0 Å². The molecule has 0 radical (unpaired) electrons. The van der Waals surface area contributed by atoms with Crippen LogP contribution >= 0.6 is 22.9 Å². The Kier molecular flexibility index (Phi) is 5.17. The molecule has 0 bridgehead atoms. The number of nitrogens with one attached hydrogen (secondary N) is 1. The van der Waals surface area contributed by atoms with E-state index in [1.165, 1.54) is 15.3 Å². The van der Waals surface area contributed by atoms with Gasteiger partial charge in [-0.1, -0.05) is 23.7 Å². The summed E-state index contributed by atoms with van der Waals surface area (Å²) in [5, 5.41) is 2.75. The number of halogens is 1. The highest BCUT2D eigenvalue weighted by molar-refractivity contribution is 7.91. The minimum absolute atomic E-state index is 0.0698. The van der Waals surface area contributed by atoms with E-state index in [1.54, 1.807) is 30.3 Å². The molecule has 2 amide bonds. The van der Waals surface area contributed by atoms with E-state index in [0.29, 0.717) is 35.1 Å². The molecule has 7 nitrogen and oxygen atoms in total. The second-order valence-corrected chi connectivity index (χ2v) is 10.6. The normalized spacial score (nSPS) is 20.5. The third-order valence-corrected chi connectivity index (χ3v) is 8.48. The number of para-hydroxylation sites is 2. The summed E-state index contributed by atoms with van der Waals surface area (Å²) in [4.78, 5) is 26.6. The molecule has 10 heteroatoms. The molecule has 2 aromatic rings. The lowest BCUT2D eigenvalue weighted by Crippen LogP contribution is -2.50. The average molecular weight is 440 g/mol. The number of rotatable bonds is 3. The van der Waals surface area contributed by atoms with E-state index in [9.17, 15) is 18.0 Å². The van der Waals surface area contributed by atoms with Crippen molar-refractivity contribution >= 4 is 56.2 Å². The quantitative estimate of drug-likeness (QED) is 0.796. The predicted molar refractivity (Wildman–Crippen MR) is 108 cm³/mol. The smallest absolute Gasteiger partial charge is 0.252 e. The second-order valence-electron chi connectivity index (χ2n) is 6.75. The van der Waals surface area contributed by atoms with Gasteiger partial charge in [0.1, 0.15) is 10.8 Å². The molecule has 1 aromatic heterocycles. The summed E-state index contributed by atoms with van der Waals surface area (Å²) in [5.41, 5.74) is 1.22. The van der Waals surface area contributed by atoms with Crippen molar-refractivity contribution in [2.45, 2.75) is 17.1 Å². The molecule has 4 rings (SSSR count). The molecule has 2 aliphatic heterocycles. The van der Waals surface area contributed by atoms with Crippen LogP contribution in [-0.4, -0.2) is 44.2 Å². The standard InChI is InChI=1S/C18H18ClN3O4S2/c19-15-7-8-17(27-15)28(25,26)21-9-3-4-12(10-21)18(24)22-11-16(23)20-13-5-1-2-6-14(13)22/h1-2,5-8,12H,3-4,9-11H2,(H,20,23). The van der Waals surface area contributed by atoms with Crippen molar-refractivity contribution in [3.8, 4) is 0 Å². The second kappa shape index (κ2) is 7.47. The molecule has 0 saturated carbocycles. The van der Waals surface area contributed by atoms with E-state index in [0.717, 1.165) is 11.3 Å². The van der Waals surface area contributed by atoms with Crippen molar-refractivity contribution in [3.05, 3.63) is 40.7 Å². The van der Waals surface area contributed by atoms with Gasteiger partial charge in [0, 0.05) is 13.1 Å². The van der Waals surface area contributed by atoms with Crippen LogP contribution in [0.15, 0.2) is 40.6 Å². The van der Waals surface area contributed by atoms with Gasteiger partial charge < -0.3 is 10.2 Å². The van der Waals surface area contributed by atoms with Gasteiger partial charge >= 0.3 is 0 Å². The SMILES string of the molecule is O=C1CN(C(=O)C2CCCN(S(=O)(=O)c3ccc(Cl)s3)C2)c2ccccc2N1. The number of sulfonamides is 1. The van der Waals surface area contributed by atoms with Crippen LogP contribution in [0.4, 0.5) is 11.4 Å². The van der Waals surface area contributed by atoms with Gasteiger partial charge in [0.2, 0.25) is 11.8 Å². The minimum atomic E-state index is -3.69. The maximum atomic E-state index is 13.2. The van der Waals surface area contributed by atoms with E-state index < -0.39 is 15.9 Å². The number of piperidine rings is 1. The van der Waals surface area contributed by atoms with Crippen molar-refractivity contribution in [1.29, 1.82) is 0 Å². The van der Waals surface area contributed by atoms with Crippen LogP contribution < -0.4 is 10.2 Å². The van der Waals surface area contributed by atoms with Crippen molar-refractivity contribution in [2.24, 2.45) is 5.92 Å². The monoisotopic (exact) mass is 439 g/mol. The van der Waals surface area contributed by atoms with Crippen molar-refractivity contribution in [2.75, 3.05) is 29.9 Å². The van der Waals surface area contributed by atoms with Gasteiger partial charge in [0.15, 0.2) is 0 Å². The van der Waals surface area contributed by atoms with Crippen LogP contribution in [0.3, 0.4) is 0 Å². The molecule has 1 saturated heterocycles. The molecule has 1 N–H and O–H groups in total. The van der Waals surface area contributed by atoms with E-state index in [1.807, 2.05) is 0 Å². The van der Waals surface area contributed by atoms with Crippen molar-refractivity contribution < 1.29 is 18.0 Å². The van der Waals surface area contributed by atoms with Crippen LogP contribution in [0, 0.1) is 5.92 Å². The minimum Gasteiger partial charge on any atom is -0.323 e. The molecular weight excluding hydrogens is 422 g/mol. The van der Waals surface area contributed by atoms with Gasteiger partial charge in [-0.15, -0.1) is 11.3 Å². The highest BCUT2D eigenvalue weighted by Gasteiger charge is 2.37. The lowest BCUT2D eigenvalue weighted by atomic mass is 9.97. The fraction of sp³-hybridized carbons (Fsp3) is 0.333. The lowest BCUT2D eigenvalue weighted by Gasteiger charge is -2.36. The van der Waals surface area contributed by atoms with Crippen LogP contribution in [0.5, 0.6) is 0 Å². The van der Waals surface area contributed by atoms with E-state index in [4.69, 9.17) is 11.6 Å². The van der Waals surface area contributed by atoms with Crippen LogP contribution in [0.2, 0.25) is 4.34 Å². The highest BCUT2D eigenvalue weighted by Crippen LogP contribution is 2.34. The van der Waals surface area contributed by atoms with Gasteiger partial charge in [-0.3, -0.25) is 9.59 Å². The van der Waals surface area contributed by atoms with Gasteiger partial charge in [-0.25, -0.2) is 8.42 Å². The summed E-state index contributed by atoms with van der Waals surface area (Å²) in [7, 11) is -3.69. The van der Waals surface area contributed by atoms with Crippen LogP contribution in [0.1, 0.15) is 12.8 Å². The zero-order valence-corrected chi connectivity index (χ0v) is 17.2. The number of anilines is 2. The Morgan fingerprint density at radius 1 is 1.21 bits per heavy atom. The number of carbonyl (C=O) groups is 2. The number of fused-ring (bicyclic) bond motifs is 1. The maximum Gasteiger partial charge on any atom is 0.252 e. The molecule has 1 aromatic carbocycles. The lowest BCUT2D eigenvalue weighted by molar-refractivity contribution is -0.125. The fourth-order valence-corrected chi connectivity index (χ4v) is 6.74. The summed E-state index contributed by atoms with van der Waals surface area (Å²) < 4.78 is 27.7. The molecule has 0 spiro atoms. The summed E-state index contributed by atoms with van der Waals surface area (Å²) in [5.74, 6) is -0.995. The third kappa shape index (κ3) is 3.55. The number of carbonyl (C=O) groups excluding carboxylic acids is 2. The first-order chi connectivity index (χ1) is 13.4. The number of hydrogen-bond donors (Lipinski definition) is 1. The molecule has 0 aliphatic carbocycles. The Morgan fingerprint density at radius 2 is 2.00 bits per heavy atom. The Bertz CT molecular complexity index is 1040. The number of benzene rings is 1. The van der Waals surface area contributed by atoms with E-state index in [-0.39, 0.29) is 29.1 Å². The largest absolute Gasteiger partial charge is 0.323 e. The van der Waals surface area contributed by atoms with E-state index in [2.05, 4.69) is 5.32 Å². The van der Waals surface area contributed by atoms with Crippen molar-refractivity contribution in [3.63, 3.8) is 0 Å². The van der Waals surface area contributed by atoms with E-state index >= 15 is 0 Å². The first kappa shape index (κ1) is 19.4. The molecule has 1 fully saturated rings. The zero-order chi connectivity index (χ0) is 19.9. The van der Waals surface area contributed by atoms with Crippen molar-refractivity contribution in [1.82, 2.24) is 4.31 Å². The van der Waals surface area contributed by atoms with Gasteiger partial charge in [0.05, 0.1) is 21.6 Å². The zero-order valence-electron chi connectivity index (χ0n) is 14.8. The predicted octanol–water partition coefficient (Wildman–Crippen LogP) is 2.79. The van der Waals surface area contributed by atoms with Gasteiger partial charge in [-0.2, -0.15) is 4.31 Å². The number of nitrogens with zero attached hydrogens (tertiary/aromatic N) is 2. The molecule has 1 atom stereocenters. The Labute approximate surface area is 171 Å². The molecule has 28 heavy (non-hydrogen) atoms. The molecule has 2 aliphatic rings. The topological polar surface area (TPSA) is 86.8 Å². The molecule has 1 unspecified atom stereocenters. The first-order valence-corrected chi connectivity index (χ1v) is 11.5. The number of thiophene rings is 1. The Hall–Kier alpha value is -1.94. The van der Waals surface area contributed by atoms with Gasteiger partial charge in [0.25, 0.3) is 10.0 Å². The molecular formula is C18H18ClN3O4S2. The van der Waals surface area contributed by atoms with Crippen LogP contribution in [-0.2, 0) is 19.6 Å². The number of hydrogen-bond acceptors (Lipinski definition) is 5. The summed E-state index contributed by atoms with van der Waals surface area (Å²) in [6, 6.07) is 10.1. The summed E-state index contributed by atoms with van der Waals surface area (Å²) in [6.45, 7) is 0.384. The Balaban J connectivity index is 1.57. The molecule has 148 valence electrons. The Morgan fingerprint density at radius 3 is 2.75 bits per heavy atom. The fourth-order valence-electron chi connectivity index (χ4n) is 3.58. The summed E-state index contributed by atoms with van der Waals surface area (Å²) >= 11 is 6.89. The average Bonchev–Trinajstić information content (AvgIpc) is 3.14. The molecule has 3 heterocycles. The van der Waals surface area contributed by atoms with Gasteiger partial charge in [-0.05, 0) is 37.1 Å². The first-order valence-electron chi connectivity index (χ1n) is 8.82. The summed E-state index contributed by atoms with van der Waals surface area (Å²) in [6.07, 6.45) is 1.16. The highest BCUT2D eigenvalue weighted by atomic mass is 35.5.